The second-order valence-electron chi connectivity index (χ2n) is 6.56. The molecule has 0 aliphatic carbocycles. The highest BCUT2D eigenvalue weighted by Gasteiger charge is 2.37. The summed E-state index contributed by atoms with van der Waals surface area (Å²) in [6, 6.07) is 9.99. The highest BCUT2D eigenvalue weighted by Crippen LogP contribution is 2.43. The first kappa shape index (κ1) is 21.9. The van der Waals surface area contributed by atoms with Crippen molar-refractivity contribution in [2.45, 2.75) is 57.3 Å². The quantitative estimate of drug-likeness (QED) is 0.356. The number of ether oxygens (including phenoxy) is 2. The Balaban J connectivity index is 2.42. The topological polar surface area (TPSA) is 85.3 Å². The van der Waals surface area contributed by atoms with Crippen LogP contribution in [0.1, 0.15) is 57.9 Å². The summed E-state index contributed by atoms with van der Waals surface area (Å²) in [6.45, 7) is 5.87. The number of hydrogen-bond donors (Lipinski definition) is 1. The number of carbonyl (C=O) groups is 1. The number of hydrogen-bond acceptors (Lipinski definition) is 6. The van der Waals surface area contributed by atoms with Gasteiger partial charge in [0.25, 0.3) is 0 Å². The largest absolute Gasteiger partial charge is 0.463 e. The first-order valence-electron chi connectivity index (χ1n) is 9.72. The van der Waals surface area contributed by atoms with Gasteiger partial charge in [0.15, 0.2) is 0 Å². The molecule has 1 aromatic rings. The molecule has 2 N–H and O–H groups in total. The van der Waals surface area contributed by atoms with Crippen molar-refractivity contribution in [3.8, 4) is 6.07 Å². The fourth-order valence-corrected chi connectivity index (χ4v) is 4.32. The summed E-state index contributed by atoms with van der Waals surface area (Å²) in [6.07, 6.45) is 4.76. The van der Waals surface area contributed by atoms with Gasteiger partial charge < -0.3 is 15.2 Å². The van der Waals surface area contributed by atoms with E-state index in [1.54, 1.807) is 25.6 Å². The molecule has 6 heteroatoms. The predicted octanol–water partition coefficient (Wildman–Crippen LogP) is 5.00. The maximum absolute atomic E-state index is 12.7. The summed E-state index contributed by atoms with van der Waals surface area (Å²) < 4.78 is 10.7. The molecule has 0 saturated carbocycles. The summed E-state index contributed by atoms with van der Waals surface area (Å²) in [4.78, 5) is 13.7. The number of benzene rings is 1. The van der Waals surface area contributed by atoms with Crippen molar-refractivity contribution in [3.63, 3.8) is 0 Å². The van der Waals surface area contributed by atoms with Gasteiger partial charge in [0.2, 0.25) is 5.88 Å². The summed E-state index contributed by atoms with van der Waals surface area (Å²) in [5.74, 6) is 0.340. The van der Waals surface area contributed by atoms with Crippen molar-refractivity contribution >= 4 is 17.7 Å². The molecular formula is C22H28N2O3S. The minimum atomic E-state index is -0.586. The van der Waals surface area contributed by atoms with E-state index < -0.39 is 11.9 Å². The molecule has 1 atom stereocenters. The average molecular weight is 401 g/mol. The maximum Gasteiger partial charge on any atom is 0.338 e. The smallest absolute Gasteiger partial charge is 0.338 e. The van der Waals surface area contributed by atoms with Crippen molar-refractivity contribution < 1.29 is 14.3 Å². The number of thioether (sulfide) groups is 1. The van der Waals surface area contributed by atoms with Crippen molar-refractivity contribution in [3.05, 3.63) is 52.6 Å². The summed E-state index contributed by atoms with van der Waals surface area (Å²) in [5.41, 5.74) is 7.46. The van der Waals surface area contributed by atoms with Crippen molar-refractivity contribution in [1.29, 1.82) is 5.26 Å². The number of allylic oxidation sites excluding steroid dienone is 2. The van der Waals surface area contributed by atoms with Gasteiger partial charge in [-0.15, -0.1) is 11.8 Å². The molecule has 1 aliphatic rings. The zero-order chi connectivity index (χ0) is 20.5. The Kier molecular flexibility index (Phi) is 8.46. The van der Waals surface area contributed by atoms with E-state index in [2.05, 4.69) is 13.0 Å². The van der Waals surface area contributed by atoms with Gasteiger partial charge in [-0.05, 0) is 37.7 Å². The number of rotatable bonds is 9. The van der Waals surface area contributed by atoms with Crippen molar-refractivity contribution in [1.82, 2.24) is 0 Å². The van der Waals surface area contributed by atoms with Crippen molar-refractivity contribution in [2.24, 2.45) is 5.73 Å². The van der Waals surface area contributed by atoms with Gasteiger partial charge >= 0.3 is 5.97 Å². The molecule has 1 aliphatic heterocycles. The summed E-state index contributed by atoms with van der Waals surface area (Å²) >= 11 is 1.74. The molecule has 1 aromatic carbocycles. The number of nitrogens with zero attached hydrogens (tertiary/aromatic N) is 1. The fraction of sp³-hybridized carbons (Fsp3) is 0.455. The number of esters is 1. The van der Waals surface area contributed by atoms with Crippen LogP contribution in [0.5, 0.6) is 0 Å². The van der Waals surface area contributed by atoms with Crippen LogP contribution in [0.25, 0.3) is 0 Å². The highest BCUT2D eigenvalue weighted by molar-refractivity contribution is 7.99. The Morgan fingerprint density at radius 1 is 1.29 bits per heavy atom. The Labute approximate surface area is 171 Å². The van der Waals surface area contributed by atoms with Gasteiger partial charge in [-0.1, -0.05) is 44.4 Å². The van der Waals surface area contributed by atoms with Gasteiger partial charge in [0.05, 0.1) is 18.1 Å². The molecule has 0 bridgehead atoms. The Bertz CT molecular complexity index is 808. The monoisotopic (exact) mass is 400 g/mol. The zero-order valence-electron chi connectivity index (χ0n) is 16.8. The van der Waals surface area contributed by atoms with Gasteiger partial charge in [-0.3, -0.25) is 0 Å². The highest BCUT2D eigenvalue weighted by atomic mass is 32.2. The van der Waals surface area contributed by atoms with Crippen LogP contribution in [-0.4, -0.2) is 18.3 Å². The van der Waals surface area contributed by atoms with Gasteiger partial charge in [0, 0.05) is 4.90 Å². The lowest BCUT2D eigenvalue weighted by atomic mass is 9.83. The lowest BCUT2D eigenvalue weighted by molar-refractivity contribution is -0.139. The summed E-state index contributed by atoms with van der Waals surface area (Å²) in [5, 5.41) is 9.72. The molecule has 0 fully saturated rings. The standard InChI is InChI=1S/C22H28N2O3S/c1-4-6-7-10-13-28-18-12-9-8-11-16(18)20-17(14-23)21(24)27-15(3)19(20)22(25)26-5-2/h8-9,11-12,20H,4-7,10,13,24H2,1-3H3. The molecule has 1 unspecified atom stereocenters. The van der Waals surface area contributed by atoms with Crippen LogP contribution < -0.4 is 5.73 Å². The van der Waals surface area contributed by atoms with E-state index in [0.29, 0.717) is 11.3 Å². The van der Waals surface area contributed by atoms with Gasteiger partial charge in [-0.2, -0.15) is 5.26 Å². The van der Waals surface area contributed by atoms with E-state index in [9.17, 15) is 10.1 Å². The summed E-state index contributed by atoms with van der Waals surface area (Å²) in [7, 11) is 0. The lowest BCUT2D eigenvalue weighted by Gasteiger charge is -2.28. The molecule has 28 heavy (non-hydrogen) atoms. The molecule has 150 valence electrons. The van der Waals surface area contributed by atoms with E-state index in [1.807, 2.05) is 24.3 Å². The number of nitriles is 1. The normalized spacial score (nSPS) is 16.6. The molecule has 1 heterocycles. The molecular weight excluding hydrogens is 372 g/mol. The first-order chi connectivity index (χ1) is 13.5. The first-order valence-corrected chi connectivity index (χ1v) is 10.7. The molecule has 0 saturated heterocycles. The second-order valence-corrected chi connectivity index (χ2v) is 7.70. The number of carbonyl (C=O) groups excluding carboxylic acids is 1. The van der Waals surface area contributed by atoms with Crippen molar-refractivity contribution in [2.75, 3.05) is 12.4 Å². The molecule has 0 amide bonds. The molecule has 0 radical (unpaired) electrons. The van der Waals surface area contributed by atoms with Crippen LogP contribution in [0.15, 0.2) is 51.9 Å². The van der Waals surface area contributed by atoms with E-state index in [1.165, 1.54) is 19.3 Å². The zero-order valence-corrected chi connectivity index (χ0v) is 17.6. The van der Waals surface area contributed by atoms with E-state index in [0.717, 1.165) is 22.6 Å². The molecule has 0 spiro atoms. The molecule has 2 rings (SSSR count). The number of unbranched alkanes of at least 4 members (excludes halogenated alkanes) is 3. The fourth-order valence-electron chi connectivity index (χ4n) is 3.23. The van der Waals surface area contributed by atoms with Crippen LogP contribution in [-0.2, 0) is 14.3 Å². The number of nitrogens with two attached hydrogens (primary N) is 1. The Morgan fingerprint density at radius 3 is 2.71 bits per heavy atom. The lowest BCUT2D eigenvalue weighted by Crippen LogP contribution is -2.25. The third-order valence-electron chi connectivity index (χ3n) is 4.59. The third kappa shape index (κ3) is 5.11. The van der Waals surface area contributed by atoms with Crippen LogP contribution in [0, 0.1) is 11.3 Å². The minimum absolute atomic E-state index is 0.0424. The Hall–Kier alpha value is -2.39. The second kappa shape index (κ2) is 10.8. The maximum atomic E-state index is 12.7. The Morgan fingerprint density at radius 2 is 2.04 bits per heavy atom. The third-order valence-corrected chi connectivity index (χ3v) is 5.76. The minimum Gasteiger partial charge on any atom is -0.463 e. The van der Waals surface area contributed by atoms with Crippen LogP contribution in [0.3, 0.4) is 0 Å². The van der Waals surface area contributed by atoms with Crippen LogP contribution in [0.2, 0.25) is 0 Å². The molecule has 0 aromatic heterocycles. The van der Waals surface area contributed by atoms with Gasteiger partial charge in [0.1, 0.15) is 17.4 Å². The van der Waals surface area contributed by atoms with E-state index in [4.69, 9.17) is 15.2 Å². The van der Waals surface area contributed by atoms with Crippen LogP contribution in [0.4, 0.5) is 0 Å². The van der Waals surface area contributed by atoms with Crippen LogP contribution >= 0.6 is 11.8 Å². The predicted molar refractivity (Wildman–Crippen MR) is 111 cm³/mol. The van der Waals surface area contributed by atoms with Gasteiger partial charge in [-0.25, -0.2) is 4.79 Å². The average Bonchev–Trinajstić information content (AvgIpc) is 2.67. The van der Waals surface area contributed by atoms with E-state index >= 15 is 0 Å². The SMILES string of the molecule is CCCCCCSc1ccccc1C1C(C#N)=C(N)OC(C)=C1C(=O)OCC. The molecule has 5 nitrogen and oxygen atoms in total. The van der Waals surface area contributed by atoms with E-state index in [-0.39, 0.29) is 18.1 Å².